The number of hydrogen-bond acceptors (Lipinski definition) is 6. The molecule has 0 atom stereocenters. The van der Waals surface area contributed by atoms with Crippen LogP contribution in [0.2, 0.25) is 0 Å². The molecule has 0 saturated heterocycles. The normalized spacial score (nSPS) is 13.7. The summed E-state index contributed by atoms with van der Waals surface area (Å²) in [7, 11) is 0. The number of carbonyl (C=O) groups excluding carboxylic acids is 2. The summed E-state index contributed by atoms with van der Waals surface area (Å²) in [5.74, 6) is -1.99. The fourth-order valence-electron chi connectivity index (χ4n) is 2.11. The van der Waals surface area contributed by atoms with E-state index in [0.29, 0.717) is 10.7 Å². The molecular formula is C13H9N3O4S. The highest BCUT2D eigenvalue weighted by molar-refractivity contribution is 7.13. The maximum absolute atomic E-state index is 12.2. The van der Waals surface area contributed by atoms with Gasteiger partial charge in [0.2, 0.25) is 0 Å². The Hall–Kier alpha value is -2.61. The van der Waals surface area contributed by atoms with Gasteiger partial charge in [-0.1, -0.05) is 0 Å². The van der Waals surface area contributed by atoms with Crippen molar-refractivity contribution in [1.82, 2.24) is 14.9 Å². The number of carboxylic acids is 1. The van der Waals surface area contributed by atoms with Gasteiger partial charge in [0.25, 0.3) is 11.8 Å². The fraction of sp³-hybridized carbons (Fsp3) is 0.154. The van der Waals surface area contributed by atoms with Crippen molar-refractivity contribution in [3.63, 3.8) is 0 Å². The highest BCUT2D eigenvalue weighted by Gasteiger charge is 2.37. The van der Waals surface area contributed by atoms with Crippen LogP contribution in [0.15, 0.2) is 18.3 Å². The summed E-state index contributed by atoms with van der Waals surface area (Å²) in [6.07, 6.45) is 1.45. The Kier molecular flexibility index (Phi) is 3.02. The highest BCUT2D eigenvalue weighted by Crippen LogP contribution is 2.25. The predicted octanol–water partition coefficient (Wildman–Crippen LogP) is 1.34. The summed E-state index contributed by atoms with van der Waals surface area (Å²) in [6.45, 7) is 1.53. The van der Waals surface area contributed by atoms with E-state index in [1.165, 1.54) is 6.20 Å². The van der Waals surface area contributed by atoms with Crippen molar-refractivity contribution in [1.29, 1.82) is 0 Å². The van der Waals surface area contributed by atoms with Gasteiger partial charge in [-0.3, -0.25) is 19.5 Å². The zero-order valence-corrected chi connectivity index (χ0v) is 11.7. The minimum atomic E-state index is -1.07. The third-order valence-electron chi connectivity index (χ3n) is 3.06. The standard InChI is InChI=1S/C13H9N3O4S/c1-6-10(13(19)20)21-8(15-6)5-16-11(17)7-3-2-4-14-9(7)12(16)18/h2-4H,5H2,1H3,(H,19,20). The van der Waals surface area contributed by atoms with Gasteiger partial charge in [-0.15, -0.1) is 11.3 Å². The summed E-state index contributed by atoms with van der Waals surface area (Å²) >= 11 is 0.960. The number of carboxylic acid groups (broad SMARTS) is 1. The molecule has 0 spiro atoms. The Balaban J connectivity index is 1.90. The largest absolute Gasteiger partial charge is 0.477 e. The average molecular weight is 303 g/mol. The number of aromatic nitrogens is 2. The fourth-order valence-corrected chi connectivity index (χ4v) is 3.00. The number of thiazole rings is 1. The second-order valence-electron chi connectivity index (χ2n) is 4.42. The first-order chi connectivity index (χ1) is 9.99. The minimum absolute atomic E-state index is 0.0488. The van der Waals surface area contributed by atoms with Crippen molar-refractivity contribution >= 4 is 29.1 Å². The van der Waals surface area contributed by atoms with Gasteiger partial charge < -0.3 is 5.11 Å². The Morgan fingerprint density at radius 2 is 2.14 bits per heavy atom. The molecule has 0 aliphatic carbocycles. The Labute approximate surface area is 122 Å². The highest BCUT2D eigenvalue weighted by atomic mass is 32.1. The van der Waals surface area contributed by atoms with E-state index in [-0.39, 0.29) is 22.7 Å². The molecule has 2 amide bonds. The molecule has 7 nitrogen and oxygen atoms in total. The Morgan fingerprint density at radius 1 is 1.38 bits per heavy atom. The van der Waals surface area contributed by atoms with Gasteiger partial charge in [-0.2, -0.15) is 0 Å². The van der Waals surface area contributed by atoms with Crippen molar-refractivity contribution < 1.29 is 19.5 Å². The van der Waals surface area contributed by atoms with Crippen LogP contribution in [0.3, 0.4) is 0 Å². The molecule has 1 N–H and O–H groups in total. The molecule has 21 heavy (non-hydrogen) atoms. The quantitative estimate of drug-likeness (QED) is 0.859. The molecule has 0 radical (unpaired) electrons. The molecule has 3 heterocycles. The van der Waals surface area contributed by atoms with E-state index in [2.05, 4.69) is 9.97 Å². The summed E-state index contributed by atoms with van der Waals surface area (Å²) in [5.41, 5.74) is 0.751. The van der Waals surface area contributed by atoms with E-state index in [9.17, 15) is 14.4 Å². The molecule has 0 fully saturated rings. The number of amides is 2. The van der Waals surface area contributed by atoms with Crippen molar-refractivity contribution in [2.45, 2.75) is 13.5 Å². The second kappa shape index (κ2) is 4.74. The molecular weight excluding hydrogens is 294 g/mol. The van der Waals surface area contributed by atoms with Crippen LogP contribution in [0.5, 0.6) is 0 Å². The van der Waals surface area contributed by atoms with E-state index < -0.39 is 17.8 Å². The molecule has 0 aromatic carbocycles. The monoisotopic (exact) mass is 303 g/mol. The van der Waals surface area contributed by atoms with E-state index in [1.54, 1.807) is 19.1 Å². The Morgan fingerprint density at radius 3 is 2.76 bits per heavy atom. The number of aryl methyl sites for hydroxylation is 1. The van der Waals surface area contributed by atoms with Crippen LogP contribution < -0.4 is 0 Å². The number of rotatable bonds is 3. The van der Waals surface area contributed by atoms with Gasteiger partial charge in [0, 0.05) is 6.20 Å². The smallest absolute Gasteiger partial charge is 0.347 e. The Bertz CT molecular complexity index is 748. The molecule has 0 unspecified atom stereocenters. The lowest BCUT2D eigenvalue weighted by molar-refractivity contribution is 0.0637. The second-order valence-corrected chi connectivity index (χ2v) is 5.51. The lowest BCUT2D eigenvalue weighted by Gasteiger charge is -2.10. The first kappa shape index (κ1) is 13.4. The first-order valence-corrected chi connectivity index (χ1v) is 6.81. The van der Waals surface area contributed by atoms with Crippen molar-refractivity contribution in [2.24, 2.45) is 0 Å². The van der Waals surface area contributed by atoms with Gasteiger partial charge in [0.1, 0.15) is 15.6 Å². The minimum Gasteiger partial charge on any atom is -0.477 e. The zero-order chi connectivity index (χ0) is 15.1. The first-order valence-electron chi connectivity index (χ1n) is 6.00. The molecule has 0 bridgehead atoms. The van der Waals surface area contributed by atoms with E-state index in [0.717, 1.165) is 16.2 Å². The van der Waals surface area contributed by atoms with Gasteiger partial charge in [0.15, 0.2) is 0 Å². The van der Waals surface area contributed by atoms with E-state index in [1.807, 2.05) is 0 Å². The van der Waals surface area contributed by atoms with Gasteiger partial charge >= 0.3 is 5.97 Å². The van der Waals surface area contributed by atoms with Gasteiger partial charge in [0.05, 0.1) is 17.8 Å². The predicted molar refractivity (Wildman–Crippen MR) is 72.3 cm³/mol. The maximum atomic E-state index is 12.2. The number of pyridine rings is 1. The van der Waals surface area contributed by atoms with Gasteiger partial charge in [-0.25, -0.2) is 9.78 Å². The SMILES string of the molecule is Cc1nc(CN2C(=O)c3cccnc3C2=O)sc1C(=O)O. The maximum Gasteiger partial charge on any atom is 0.347 e. The van der Waals surface area contributed by atoms with Crippen LogP contribution in [0.25, 0.3) is 0 Å². The lowest BCUT2D eigenvalue weighted by atomic mass is 10.2. The van der Waals surface area contributed by atoms with Crippen LogP contribution in [0.4, 0.5) is 0 Å². The number of hydrogen-bond donors (Lipinski definition) is 1. The molecule has 2 aromatic heterocycles. The van der Waals surface area contributed by atoms with Crippen molar-refractivity contribution in [3.8, 4) is 0 Å². The van der Waals surface area contributed by atoms with Crippen LogP contribution in [-0.4, -0.2) is 37.8 Å². The molecule has 2 aromatic rings. The van der Waals surface area contributed by atoms with Gasteiger partial charge in [-0.05, 0) is 19.1 Å². The molecule has 8 heteroatoms. The number of nitrogens with zero attached hydrogens (tertiary/aromatic N) is 3. The summed E-state index contributed by atoms with van der Waals surface area (Å²) < 4.78 is 0. The topological polar surface area (TPSA) is 100 Å². The summed E-state index contributed by atoms with van der Waals surface area (Å²) in [5, 5.41) is 9.40. The van der Waals surface area contributed by atoms with E-state index in [4.69, 9.17) is 5.11 Å². The average Bonchev–Trinajstić information content (AvgIpc) is 2.94. The molecule has 1 aliphatic heterocycles. The summed E-state index contributed by atoms with van der Waals surface area (Å²) in [6, 6.07) is 3.13. The van der Waals surface area contributed by atoms with Crippen LogP contribution in [-0.2, 0) is 6.54 Å². The zero-order valence-electron chi connectivity index (χ0n) is 10.9. The number of aromatic carboxylic acids is 1. The number of fused-ring (bicyclic) bond motifs is 1. The van der Waals surface area contributed by atoms with Crippen molar-refractivity contribution in [2.75, 3.05) is 0 Å². The third kappa shape index (κ3) is 2.09. The van der Waals surface area contributed by atoms with Crippen molar-refractivity contribution in [3.05, 3.63) is 45.2 Å². The van der Waals surface area contributed by atoms with Crippen LogP contribution in [0, 0.1) is 6.92 Å². The molecule has 3 rings (SSSR count). The number of imide groups is 1. The number of carbonyl (C=O) groups is 3. The van der Waals surface area contributed by atoms with E-state index >= 15 is 0 Å². The molecule has 0 saturated carbocycles. The summed E-state index contributed by atoms with van der Waals surface area (Å²) in [4.78, 5) is 44.4. The third-order valence-corrected chi connectivity index (χ3v) is 4.19. The lowest BCUT2D eigenvalue weighted by Crippen LogP contribution is -2.29. The van der Waals surface area contributed by atoms with Crippen LogP contribution >= 0.6 is 11.3 Å². The molecule has 106 valence electrons. The molecule has 1 aliphatic rings. The van der Waals surface area contributed by atoms with Crippen LogP contribution in [0.1, 0.15) is 41.2 Å².